The van der Waals surface area contributed by atoms with E-state index < -0.39 is 0 Å². The van der Waals surface area contributed by atoms with Gasteiger partial charge in [-0.1, -0.05) is 39.5 Å². The van der Waals surface area contributed by atoms with Crippen LogP contribution in [0.3, 0.4) is 0 Å². The van der Waals surface area contributed by atoms with E-state index in [0.29, 0.717) is 12.6 Å². The predicted molar refractivity (Wildman–Crippen MR) is 75.6 cm³/mol. The lowest BCUT2D eigenvalue weighted by Crippen LogP contribution is -2.14. The van der Waals surface area contributed by atoms with Crippen molar-refractivity contribution in [1.29, 1.82) is 0 Å². The highest BCUT2D eigenvalue weighted by Gasteiger charge is 2.21. The molecule has 0 spiro atoms. The smallest absolute Gasteiger partial charge is 0.0669 e. The zero-order valence-corrected chi connectivity index (χ0v) is 11.9. The standard InChI is InChI=1S/C15H27N3/c1-3-14-13(11-16)15(4-2)18(17-14)12-9-7-5-6-8-10-12/h12H,3-11,16H2,1-2H3. The van der Waals surface area contributed by atoms with Crippen molar-refractivity contribution in [2.75, 3.05) is 0 Å². The summed E-state index contributed by atoms with van der Waals surface area (Å²) in [7, 11) is 0. The topological polar surface area (TPSA) is 43.8 Å². The first-order chi connectivity index (χ1) is 8.81. The van der Waals surface area contributed by atoms with Crippen LogP contribution in [0.25, 0.3) is 0 Å². The Morgan fingerprint density at radius 1 is 1.11 bits per heavy atom. The lowest BCUT2D eigenvalue weighted by Gasteiger charge is -2.18. The van der Waals surface area contributed by atoms with Crippen molar-refractivity contribution in [3.8, 4) is 0 Å². The van der Waals surface area contributed by atoms with Gasteiger partial charge in [0.15, 0.2) is 0 Å². The van der Waals surface area contributed by atoms with Crippen LogP contribution in [0.15, 0.2) is 0 Å². The van der Waals surface area contributed by atoms with Crippen LogP contribution in [-0.2, 0) is 19.4 Å². The molecule has 1 aromatic rings. The molecule has 0 amide bonds. The van der Waals surface area contributed by atoms with Crippen molar-refractivity contribution >= 4 is 0 Å². The van der Waals surface area contributed by atoms with Gasteiger partial charge in [-0.05, 0) is 25.7 Å². The van der Waals surface area contributed by atoms with Crippen LogP contribution >= 0.6 is 0 Å². The molecule has 0 atom stereocenters. The van der Waals surface area contributed by atoms with Gasteiger partial charge in [-0.3, -0.25) is 4.68 Å². The monoisotopic (exact) mass is 249 g/mol. The fraction of sp³-hybridized carbons (Fsp3) is 0.800. The number of hydrogen-bond acceptors (Lipinski definition) is 2. The Kier molecular flexibility index (Phi) is 4.81. The van der Waals surface area contributed by atoms with Gasteiger partial charge in [0.05, 0.1) is 11.7 Å². The van der Waals surface area contributed by atoms with Crippen LogP contribution in [0, 0.1) is 0 Å². The Bertz CT molecular complexity index is 373. The minimum Gasteiger partial charge on any atom is -0.326 e. The molecule has 1 fully saturated rings. The van der Waals surface area contributed by atoms with Crippen molar-refractivity contribution in [1.82, 2.24) is 9.78 Å². The van der Waals surface area contributed by atoms with Crippen LogP contribution in [0.1, 0.15) is 75.4 Å². The average molecular weight is 249 g/mol. The third kappa shape index (κ3) is 2.61. The summed E-state index contributed by atoms with van der Waals surface area (Å²) in [6.07, 6.45) is 10.1. The molecular formula is C15H27N3. The second-order valence-electron chi connectivity index (χ2n) is 5.37. The second kappa shape index (κ2) is 6.37. The molecule has 1 heterocycles. The van der Waals surface area contributed by atoms with Crippen LogP contribution in [0.4, 0.5) is 0 Å². The third-order valence-electron chi connectivity index (χ3n) is 4.25. The second-order valence-corrected chi connectivity index (χ2v) is 5.37. The Balaban J connectivity index is 2.32. The molecule has 2 rings (SSSR count). The zero-order chi connectivity index (χ0) is 13.0. The Hall–Kier alpha value is -0.830. The van der Waals surface area contributed by atoms with Crippen molar-refractivity contribution in [3.05, 3.63) is 17.0 Å². The lowest BCUT2D eigenvalue weighted by atomic mass is 10.1. The molecule has 0 unspecified atom stereocenters. The van der Waals surface area contributed by atoms with E-state index in [1.165, 1.54) is 55.5 Å². The van der Waals surface area contributed by atoms with E-state index in [0.717, 1.165) is 12.8 Å². The minimum atomic E-state index is 0.619. The summed E-state index contributed by atoms with van der Waals surface area (Å²) in [6, 6.07) is 0.619. The SMILES string of the molecule is CCc1nn(C2CCCCCC2)c(CC)c1CN. The van der Waals surface area contributed by atoms with Gasteiger partial charge in [0.2, 0.25) is 0 Å². The molecular weight excluding hydrogens is 222 g/mol. The molecule has 1 aliphatic carbocycles. The summed E-state index contributed by atoms with van der Waals surface area (Å²) in [5, 5.41) is 4.87. The maximum atomic E-state index is 5.92. The van der Waals surface area contributed by atoms with Crippen LogP contribution in [-0.4, -0.2) is 9.78 Å². The molecule has 1 aromatic heterocycles. The molecule has 2 N–H and O–H groups in total. The van der Waals surface area contributed by atoms with Gasteiger partial charge >= 0.3 is 0 Å². The number of aryl methyl sites for hydroxylation is 1. The average Bonchev–Trinajstić information content (AvgIpc) is 2.57. The number of rotatable bonds is 4. The van der Waals surface area contributed by atoms with Crippen LogP contribution < -0.4 is 5.73 Å². The van der Waals surface area contributed by atoms with Gasteiger partial charge in [-0.15, -0.1) is 0 Å². The molecule has 102 valence electrons. The minimum absolute atomic E-state index is 0.619. The maximum Gasteiger partial charge on any atom is 0.0669 e. The van der Waals surface area contributed by atoms with Gasteiger partial charge in [-0.25, -0.2) is 0 Å². The summed E-state index contributed by atoms with van der Waals surface area (Å²) >= 11 is 0. The number of hydrogen-bond donors (Lipinski definition) is 1. The van der Waals surface area contributed by atoms with E-state index in [-0.39, 0.29) is 0 Å². The van der Waals surface area contributed by atoms with E-state index in [1.54, 1.807) is 0 Å². The van der Waals surface area contributed by atoms with Crippen LogP contribution in [0.5, 0.6) is 0 Å². The van der Waals surface area contributed by atoms with Crippen molar-refractivity contribution in [2.24, 2.45) is 5.73 Å². The Morgan fingerprint density at radius 3 is 2.28 bits per heavy atom. The Labute approximate surface area is 111 Å². The summed E-state index contributed by atoms with van der Waals surface area (Å²) in [6.45, 7) is 5.04. The molecule has 1 aliphatic rings. The van der Waals surface area contributed by atoms with Crippen molar-refractivity contribution in [2.45, 2.75) is 77.8 Å². The molecule has 0 aromatic carbocycles. The van der Waals surface area contributed by atoms with Crippen LogP contribution in [0.2, 0.25) is 0 Å². The fourth-order valence-electron chi connectivity index (χ4n) is 3.26. The largest absolute Gasteiger partial charge is 0.326 e. The first kappa shape index (κ1) is 13.6. The number of nitrogens with two attached hydrogens (primary N) is 1. The predicted octanol–water partition coefficient (Wildman–Crippen LogP) is 3.36. The lowest BCUT2D eigenvalue weighted by molar-refractivity contribution is 0.392. The van der Waals surface area contributed by atoms with Crippen molar-refractivity contribution in [3.63, 3.8) is 0 Å². The van der Waals surface area contributed by atoms with E-state index in [9.17, 15) is 0 Å². The molecule has 0 aliphatic heterocycles. The summed E-state index contributed by atoms with van der Waals surface area (Å²) < 4.78 is 2.33. The van der Waals surface area contributed by atoms with Gasteiger partial charge < -0.3 is 5.73 Å². The zero-order valence-electron chi connectivity index (χ0n) is 11.9. The first-order valence-corrected chi connectivity index (χ1v) is 7.61. The summed E-state index contributed by atoms with van der Waals surface area (Å²) in [5.41, 5.74) is 9.84. The molecule has 0 radical (unpaired) electrons. The van der Waals surface area contributed by atoms with E-state index in [2.05, 4.69) is 18.5 Å². The molecule has 18 heavy (non-hydrogen) atoms. The van der Waals surface area contributed by atoms with E-state index in [4.69, 9.17) is 10.8 Å². The molecule has 0 bridgehead atoms. The first-order valence-electron chi connectivity index (χ1n) is 7.61. The van der Waals surface area contributed by atoms with Gasteiger partial charge in [-0.2, -0.15) is 5.10 Å². The van der Waals surface area contributed by atoms with Gasteiger partial charge in [0.1, 0.15) is 0 Å². The Morgan fingerprint density at radius 2 is 1.78 bits per heavy atom. The molecule has 0 saturated heterocycles. The molecule has 3 nitrogen and oxygen atoms in total. The summed E-state index contributed by atoms with van der Waals surface area (Å²) in [5.74, 6) is 0. The van der Waals surface area contributed by atoms with Crippen molar-refractivity contribution < 1.29 is 0 Å². The van der Waals surface area contributed by atoms with E-state index in [1.807, 2.05) is 0 Å². The highest BCUT2D eigenvalue weighted by Crippen LogP contribution is 2.30. The number of aromatic nitrogens is 2. The quantitative estimate of drug-likeness (QED) is 0.831. The normalized spacial score (nSPS) is 17.9. The highest BCUT2D eigenvalue weighted by molar-refractivity contribution is 5.27. The molecule has 1 saturated carbocycles. The molecule has 3 heteroatoms. The fourth-order valence-corrected chi connectivity index (χ4v) is 3.26. The third-order valence-corrected chi connectivity index (χ3v) is 4.25. The van der Waals surface area contributed by atoms with Gasteiger partial charge in [0, 0.05) is 17.8 Å². The van der Waals surface area contributed by atoms with E-state index >= 15 is 0 Å². The highest BCUT2D eigenvalue weighted by atomic mass is 15.3. The van der Waals surface area contributed by atoms with Gasteiger partial charge in [0.25, 0.3) is 0 Å². The summed E-state index contributed by atoms with van der Waals surface area (Å²) in [4.78, 5) is 0. The maximum absolute atomic E-state index is 5.92. The number of nitrogens with zero attached hydrogens (tertiary/aromatic N) is 2.